The Morgan fingerprint density at radius 1 is 1.05 bits per heavy atom. The fourth-order valence-electron chi connectivity index (χ4n) is 5.21. The molecule has 0 radical (unpaired) electrons. The number of hydrogen-bond donors (Lipinski definition) is 1. The van der Waals surface area contributed by atoms with E-state index in [2.05, 4.69) is 31.0 Å². The van der Waals surface area contributed by atoms with Crippen molar-refractivity contribution < 1.29 is 23.9 Å². The van der Waals surface area contributed by atoms with Crippen molar-refractivity contribution in [2.45, 2.75) is 92.5 Å². The summed E-state index contributed by atoms with van der Waals surface area (Å²) >= 11 is 0. The average Bonchev–Trinajstić information content (AvgIpc) is 2.93. The Hall–Kier alpha value is -2.49. The summed E-state index contributed by atoms with van der Waals surface area (Å²) in [6.07, 6.45) is 1.89. The van der Waals surface area contributed by atoms with Crippen LogP contribution in [0.25, 0.3) is 0 Å². The van der Waals surface area contributed by atoms with Gasteiger partial charge in [0.2, 0.25) is 11.8 Å². The smallest absolute Gasteiger partial charge is 0.326 e. The lowest BCUT2D eigenvalue weighted by Gasteiger charge is -2.53. The Balaban J connectivity index is 2.06. The number of likely N-dealkylation sites (N-methyl/N-ethyl adjacent to an activating group) is 1. The SMILES string of the molecule is CCC[C@@H](NC(=O)N1C(=O)C(CC)(CC)[C@@H]1OCC(=O)N(C)CCN(CCOCC)C(C)C)c1ccc(C)cc1. The molecule has 2 atom stereocenters. The molecular weight excluding hydrogens is 508 g/mol. The van der Waals surface area contributed by atoms with E-state index in [1.165, 1.54) is 4.90 Å². The quantitative estimate of drug-likeness (QED) is 0.219. The molecule has 9 heteroatoms. The maximum Gasteiger partial charge on any atom is 0.326 e. The van der Waals surface area contributed by atoms with Gasteiger partial charge in [-0.1, -0.05) is 57.0 Å². The molecule has 0 saturated carbocycles. The lowest BCUT2D eigenvalue weighted by atomic mass is 9.72. The minimum atomic E-state index is -0.811. The van der Waals surface area contributed by atoms with Gasteiger partial charge in [-0.05, 0) is 52.5 Å². The summed E-state index contributed by atoms with van der Waals surface area (Å²) in [6.45, 7) is 17.4. The second kappa shape index (κ2) is 16.1. The molecule has 0 bridgehead atoms. The van der Waals surface area contributed by atoms with Crippen LogP contribution in [0.3, 0.4) is 0 Å². The summed E-state index contributed by atoms with van der Waals surface area (Å²) in [7, 11) is 1.76. The van der Waals surface area contributed by atoms with Gasteiger partial charge in [0.15, 0.2) is 6.23 Å². The molecule has 1 aromatic rings. The number of urea groups is 1. The van der Waals surface area contributed by atoms with Gasteiger partial charge in [0.1, 0.15) is 6.61 Å². The van der Waals surface area contributed by atoms with E-state index in [0.717, 1.165) is 37.1 Å². The Bertz CT molecular complexity index is 948. The number of nitrogens with zero attached hydrogens (tertiary/aromatic N) is 3. The highest BCUT2D eigenvalue weighted by atomic mass is 16.5. The average molecular weight is 561 g/mol. The first-order valence-electron chi connectivity index (χ1n) is 14.9. The number of β-lactam (4-membered cyclic amide) rings is 1. The van der Waals surface area contributed by atoms with E-state index >= 15 is 0 Å². The largest absolute Gasteiger partial charge is 0.380 e. The second-order valence-electron chi connectivity index (χ2n) is 11.0. The first-order valence-corrected chi connectivity index (χ1v) is 14.9. The summed E-state index contributed by atoms with van der Waals surface area (Å²) in [5.41, 5.74) is 1.33. The Kier molecular flexibility index (Phi) is 13.6. The van der Waals surface area contributed by atoms with Crippen LogP contribution in [-0.4, -0.2) is 91.3 Å². The number of imide groups is 1. The normalized spacial score (nSPS) is 17.2. The molecular formula is C31H52N4O5. The molecule has 4 amide bonds. The second-order valence-corrected chi connectivity index (χ2v) is 11.0. The van der Waals surface area contributed by atoms with Gasteiger partial charge in [0, 0.05) is 39.3 Å². The van der Waals surface area contributed by atoms with Crippen molar-refractivity contribution in [3.05, 3.63) is 35.4 Å². The van der Waals surface area contributed by atoms with E-state index in [0.29, 0.717) is 38.6 Å². The molecule has 226 valence electrons. The summed E-state index contributed by atoms with van der Waals surface area (Å²) in [4.78, 5) is 44.8. The number of aryl methyl sites for hydroxylation is 1. The summed E-state index contributed by atoms with van der Waals surface area (Å²) in [5.74, 6) is -0.431. The molecule has 0 spiro atoms. The van der Waals surface area contributed by atoms with Gasteiger partial charge in [-0.25, -0.2) is 9.69 Å². The fourth-order valence-corrected chi connectivity index (χ4v) is 5.21. The van der Waals surface area contributed by atoms with Gasteiger partial charge in [-0.3, -0.25) is 14.5 Å². The van der Waals surface area contributed by atoms with Crippen LogP contribution in [0.2, 0.25) is 0 Å². The molecule has 40 heavy (non-hydrogen) atoms. The lowest BCUT2D eigenvalue weighted by Crippen LogP contribution is -2.72. The highest BCUT2D eigenvalue weighted by Crippen LogP contribution is 2.46. The molecule has 1 heterocycles. The van der Waals surface area contributed by atoms with Crippen molar-refractivity contribution in [2.75, 3.05) is 46.5 Å². The van der Waals surface area contributed by atoms with Gasteiger partial charge in [-0.2, -0.15) is 0 Å². The van der Waals surface area contributed by atoms with Crippen molar-refractivity contribution in [1.82, 2.24) is 20.0 Å². The molecule has 1 aliphatic heterocycles. The van der Waals surface area contributed by atoms with Crippen LogP contribution in [0.15, 0.2) is 24.3 Å². The number of ether oxygens (including phenoxy) is 2. The molecule has 0 aliphatic carbocycles. The number of carbonyl (C=O) groups excluding carboxylic acids is 3. The van der Waals surface area contributed by atoms with Gasteiger partial charge in [0.25, 0.3) is 0 Å². The van der Waals surface area contributed by atoms with E-state index in [1.54, 1.807) is 11.9 Å². The minimum absolute atomic E-state index is 0.183. The van der Waals surface area contributed by atoms with Crippen molar-refractivity contribution in [1.29, 1.82) is 0 Å². The monoisotopic (exact) mass is 560 g/mol. The van der Waals surface area contributed by atoms with Crippen molar-refractivity contribution in [2.24, 2.45) is 5.41 Å². The maximum absolute atomic E-state index is 13.4. The van der Waals surface area contributed by atoms with Crippen molar-refractivity contribution in [3.63, 3.8) is 0 Å². The first-order chi connectivity index (χ1) is 19.1. The number of likely N-dealkylation sites (tertiary alicyclic amines) is 1. The molecule has 0 unspecified atom stereocenters. The Morgan fingerprint density at radius 2 is 1.70 bits per heavy atom. The number of nitrogens with one attached hydrogen (secondary N) is 1. The van der Waals surface area contributed by atoms with E-state index in [4.69, 9.17) is 9.47 Å². The van der Waals surface area contributed by atoms with Gasteiger partial charge in [0.05, 0.1) is 18.1 Å². The van der Waals surface area contributed by atoms with Crippen molar-refractivity contribution in [3.8, 4) is 0 Å². The number of benzene rings is 1. The van der Waals surface area contributed by atoms with Gasteiger partial charge in [-0.15, -0.1) is 0 Å². The predicted octanol–water partition coefficient (Wildman–Crippen LogP) is 4.74. The minimum Gasteiger partial charge on any atom is -0.380 e. The number of rotatable bonds is 17. The van der Waals surface area contributed by atoms with Crippen LogP contribution in [0.5, 0.6) is 0 Å². The molecule has 1 aliphatic rings. The van der Waals surface area contributed by atoms with E-state index in [1.807, 2.05) is 52.0 Å². The fraction of sp³-hybridized carbons (Fsp3) is 0.710. The number of amides is 4. The highest BCUT2D eigenvalue weighted by molar-refractivity contribution is 6.03. The van der Waals surface area contributed by atoms with Crippen LogP contribution in [0, 0.1) is 12.3 Å². The third-order valence-corrected chi connectivity index (χ3v) is 8.16. The van der Waals surface area contributed by atoms with Crippen LogP contribution in [0.4, 0.5) is 4.79 Å². The lowest BCUT2D eigenvalue weighted by molar-refractivity contribution is -0.211. The topological polar surface area (TPSA) is 91.4 Å². The molecule has 1 aromatic carbocycles. The number of hydrogen-bond acceptors (Lipinski definition) is 6. The van der Waals surface area contributed by atoms with Gasteiger partial charge >= 0.3 is 6.03 Å². The standard InChI is InChI=1S/C31H52N4O5/c1-9-13-26(25-16-14-24(7)15-17-25)32-30(38)35-28(37)31(10-2,11-3)29(35)40-22-27(36)33(8)18-19-34(23(5)6)20-21-39-12-4/h14-17,23,26,29H,9-13,18-22H2,1-8H3,(H,32,38)/t26-,29+/m1/s1. The highest BCUT2D eigenvalue weighted by Gasteiger charge is 2.62. The van der Waals surface area contributed by atoms with Crippen LogP contribution < -0.4 is 5.32 Å². The molecule has 1 fully saturated rings. The summed E-state index contributed by atoms with van der Waals surface area (Å²) < 4.78 is 11.6. The van der Waals surface area contributed by atoms with Crippen molar-refractivity contribution >= 4 is 17.8 Å². The molecule has 1 N–H and O–H groups in total. The zero-order valence-corrected chi connectivity index (χ0v) is 26.0. The third-order valence-electron chi connectivity index (χ3n) is 8.16. The predicted molar refractivity (Wildman–Crippen MR) is 158 cm³/mol. The van der Waals surface area contributed by atoms with E-state index in [9.17, 15) is 14.4 Å². The van der Waals surface area contributed by atoms with Crippen LogP contribution in [-0.2, 0) is 19.1 Å². The Morgan fingerprint density at radius 3 is 2.25 bits per heavy atom. The zero-order valence-electron chi connectivity index (χ0n) is 26.0. The van der Waals surface area contributed by atoms with Crippen LogP contribution in [0.1, 0.15) is 84.4 Å². The summed E-state index contributed by atoms with van der Waals surface area (Å²) in [5, 5.41) is 3.05. The van der Waals surface area contributed by atoms with Crippen LogP contribution >= 0.6 is 0 Å². The third kappa shape index (κ3) is 8.27. The van der Waals surface area contributed by atoms with E-state index < -0.39 is 17.7 Å². The maximum atomic E-state index is 13.4. The molecule has 2 rings (SSSR count). The molecule has 1 saturated heterocycles. The zero-order chi connectivity index (χ0) is 29.9. The van der Waals surface area contributed by atoms with Gasteiger partial charge < -0.3 is 19.7 Å². The molecule has 9 nitrogen and oxygen atoms in total. The number of carbonyl (C=O) groups is 3. The Labute approximate surface area is 241 Å². The molecule has 0 aromatic heterocycles. The van der Waals surface area contributed by atoms with E-state index in [-0.39, 0.29) is 24.5 Å². The first kappa shape index (κ1) is 33.7. The summed E-state index contributed by atoms with van der Waals surface area (Å²) in [6, 6.07) is 7.70.